The van der Waals surface area contributed by atoms with Crippen molar-refractivity contribution in [3.63, 3.8) is 0 Å². The molecule has 27 heavy (non-hydrogen) atoms. The zero-order valence-electron chi connectivity index (χ0n) is 14.8. The highest BCUT2D eigenvalue weighted by Crippen LogP contribution is 2.20. The third-order valence-corrected chi connectivity index (χ3v) is 4.86. The summed E-state index contributed by atoms with van der Waals surface area (Å²) in [6.45, 7) is 3.94. The summed E-state index contributed by atoms with van der Waals surface area (Å²) in [6.07, 6.45) is 1.54. The van der Waals surface area contributed by atoms with Gasteiger partial charge in [-0.05, 0) is 43.2 Å². The third kappa shape index (κ3) is 4.48. The molecule has 3 aromatic rings. The molecule has 0 spiro atoms. The van der Waals surface area contributed by atoms with Gasteiger partial charge in [-0.25, -0.2) is 4.98 Å². The number of rotatable bonds is 5. The van der Waals surface area contributed by atoms with Crippen LogP contribution in [0.5, 0.6) is 0 Å². The highest BCUT2D eigenvalue weighted by Gasteiger charge is 2.14. The number of carbonyl (C=O) groups is 2. The first-order valence-corrected chi connectivity index (χ1v) is 9.11. The van der Waals surface area contributed by atoms with Crippen LogP contribution in [0.3, 0.4) is 0 Å². The summed E-state index contributed by atoms with van der Waals surface area (Å²) in [6, 6.07) is 8.73. The number of thiazole rings is 1. The zero-order valence-corrected chi connectivity index (χ0v) is 15.6. The maximum atomic E-state index is 12.3. The van der Waals surface area contributed by atoms with Crippen molar-refractivity contribution in [2.24, 2.45) is 0 Å². The van der Waals surface area contributed by atoms with Crippen molar-refractivity contribution < 1.29 is 9.59 Å². The summed E-state index contributed by atoms with van der Waals surface area (Å²) in [5.41, 5.74) is 2.96. The molecule has 8 heteroatoms. The minimum atomic E-state index is -0.544. The quantitative estimate of drug-likeness (QED) is 0.631. The Morgan fingerprint density at radius 3 is 2.74 bits per heavy atom. The topological polar surface area (TPSA) is 104 Å². The minimum absolute atomic E-state index is 0.00177. The second-order valence-electron chi connectivity index (χ2n) is 5.98. The Morgan fingerprint density at radius 1 is 1.15 bits per heavy atom. The Morgan fingerprint density at radius 2 is 1.96 bits per heavy atom. The van der Waals surface area contributed by atoms with E-state index in [2.05, 4.69) is 20.6 Å². The largest absolute Gasteiger partial charge is 0.328 e. The van der Waals surface area contributed by atoms with Crippen LogP contribution < -0.4 is 16.2 Å². The van der Waals surface area contributed by atoms with Crippen molar-refractivity contribution in [2.45, 2.75) is 20.3 Å². The molecule has 1 aromatic carbocycles. The number of nitrogens with one attached hydrogen (secondary N) is 3. The van der Waals surface area contributed by atoms with Gasteiger partial charge in [0, 0.05) is 17.3 Å². The number of nitrogens with zero attached hydrogens (tertiary/aromatic N) is 1. The molecule has 3 rings (SSSR count). The van der Waals surface area contributed by atoms with E-state index in [0.29, 0.717) is 10.8 Å². The van der Waals surface area contributed by atoms with Gasteiger partial charge in [0.1, 0.15) is 5.56 Å². The maximum absolute atomic E-state index is 12.3. The van der Waals surface area contributed by atoms with Gasteiger partial charge in [-0.3, -0.25) is 19.7 Å². The zero-order chi connectivity index (χ0) is 19.4. The number of aromatic amines is 1. The molecule has 0 saturated carbocycles. The Labute approximate surface area is 159 Å². The SMILES string of the molecule is Cc1cccc(NC(=O)Cc2csc(NC(=O)c3ccc[nH]c3=O)n2)c1C. The van der Waals surface area contributed by atoms with Crippen LogP contribution in [0.2, 0.25) is 0 Å². The van der Waals surface area contributed by atoms with Crippen LogP contribution in [0.25, 0.3) is 0 Å². The number of aryl methyl sites for hydroxylation is 1. The predicted molar refractivity (Wildman–Crippen MR) is 105 cm³/mol. The summed E-state index contributed by atoms with van der Waals surface area (Å²) in [5, 5.41) is 7.48. The number of H-pyrrole nitrogens is 1. The Bertz CT molecular complexity index is 1050. The van der Waals surface area contributed by atoms with E-state index < -0.39 is 11.5 Å². The molecule has 138 valence electrons. The van der Waals surface area contributed by atoms with Crippen molar-refractivity contribution in [2.75, 3.05) is 10.6 Å². The third-order valence-electron chi connectivity index (χ3n) is 4.06. The summed E-state index contributed by atoms with van der Waals surface area (Å²) in [4.78, 5) is 42.7. The Hall–Kier alpha value is -3.26. The molecule has 0 fully saturated rings. The fourth-order valence-corrected chi connectivity index (χ4v) is 3.16. The van der Waals surface area contributed by atoms with Crippen LogP contribution in [-0.4, -0.2) is 21.8 Å². The normalized spacial score (nSPS) is 10.4. The molecular weight excluding hydrogens is 364 g/mol. The van der Waals surface area contributed by atoms with Crippen molar-refractivity contribution in [1.82, 2.24) is 9.97 Å². The van der Waals surface area contributed by atoms with E-state index in [4.69, 9.17) is 0 Å². The molecular formula is C19H18N4O3S. The monoisotopic (exact) mass is 382 g/mol. The fraction of sp³-hybridized carbons (Fsp3) is 0.158. The van der Waals surface area contributed by atoms with Crippen LogP contribution in [-0.2, 0) is 11.2 Å². The van der Waals surface area contributed by atoms with Gasteiger partial charge < -0.3 is 10.3 Å². The van der Waals surface area contributed by atoms with Crippen LogP contribution in [0.1, 0.15) is 27.2 Å². The minimum Gasteiger partial charge on any atom is -0.328 e. The number of hydrogen-bond donors (Lipinski definition) is 3. The van der Waals surface area contributed by atoms with Crippen LogP contribution in [0.15, 0.2) is 46.7 Å². The summed E-state index contributed by atoms with van der Waals surface area (Å²) in [5.74, 6) is -0.732. The second kappa shape index (κ2) is 7.96. The van der Waals surface area contributed by atoms with Crippen LogP contribution in [0.4, 0.5) is 10.8 Å². The summed E-state index contributed by atoms with van der Waals surface area (Å²) >= 11 is 1.20. The van der Waals surface area contributed by atoms with Gasteiger partial charge in [-0.1, -0.05) is 12.1 Å². The Kier molecular flexibility index (Phi) is 5.46. The molecule has 2 aromatic heterocycles. The van der Waals surface area contributed by atoms with Crippen molar-refractivity contribution in [1.29, 1.82) is 0 Å². The summed E-state index contributed by atoms with van der Waals surface area (Å²) < 4.78 is 0. The molecule has 0 bridgehead atoms. The smallest absolute Gasteiger partial charge is 0.263 e. The number of carbonyl (C=O) groups excluding carboxylic acids is 2. The van der Waals surface area contributed by atoms with Gasteiger partial charge in [0.05, 0.1) is 12.1 Å². The van der Waals surface area contributed by atoms with Gasteiger partial charge in [-0.15, -0.1) is 11.3 Å². The molecule has 2 heterocycles. The Balaban J connectivity index is 1.63. The summed E-state index contributed by atoms with van der Waals surface area (Å²) in [7, 11) is 0. The van der Waals surface area contributed by atoms with E-state index >= 15 is 0 Å². The van der Waals surface area contributed by atoms with E-state index in [-0.39, 0.29) is 17.9 Å². The molecule has 0 saturated heterocycles. The number of anilines is 2. The lowest BCUT2D eigenvalue weighted by molar-refractivity contribution is -0.115. The first-order chi connectivity index (χ1) is 12.9. The molecule has 0 aliphatic heterocycles. The lowest BCUT2D eigenvalue weighted by Gasteiger charge is -2.09. The lowest BCUT2D eigenvalue weighted by atomic mass is 10.1. The van der Waals surface area contributed by atoms with E-state index in [1.807, 2.05) is 32.0 Å². The first kappa shape index (κ1) is 18.5. The fourth-order valence-electron chi connectivity index (χ4n) is 2.46. The first-order valence-electron chi connectivity index (χ1n) is 8.23. The number of amides is 2. The molecule has 0 aliphatic carbocycles. The highest BCUT2D eigenvalue weighted by molar-refractivity contribution is 7.14. The van der Waals surface area contributed by atoms with Crippen molar-refractivity contribution >= 4 is 34.0 Å². The number of pyridine rings is 1. The molecule has 2 amide bonds. The van der Waals surface area contributed by atoms with E-state index in [1.165, 1.54) is 23.6 Å². The van der Waals surface area contributed by atoms with Gasteiger partial charge in [0.15, 0.2) is 5.13 Å². The van der Waals surface area contributed by atoms with Crippen molar-refractivity contribution in [3.8, 4) is 0 Å². The average Bonchev–Trinajstić information content (AvgIpc) is 3.06. The number of hydrogen-bond acceptors (Lipinski definition) is 5. The molecule has 0 unspecified atom stereocenters. The molecule has 7 nitrogen and oxygen atoms in total. The molecule has 0 aliphatic rings. The van der Waals surface area contributed by atoms with Crippen molar-refractivity contribution in [3.05, 3.63) is 74.6 Å². The maximum Gasteiger partial charge on any atom is 0.263 e. The van der Waals surface area contributed by atoms with Crippen LogP contribution >= 0.6 is 11.3 Å². The van der Waals surface area contributed by atoms with Gasteiger partial charge >= 0.3 is 0 Å². The number of benzene rings is 1. The van der Waals surface area contributed by atoms with E-state index in [1.54, 1.807) is 11.4 Å². The van der Waals surface area contributed by atoms with Crippen LogP contribution in [0, 0.1) is 13.8 Å². The molecule has 0 radical (unpaired) electrons. The lowest BCUT2D eigenvalue weighted by Crippen LogP contribution is -2.22. The second-order valence-corrected chi connectivity index (χ2v) is 6.84. The standard InChI is InChI=1S/C19H18N4O3S/c1-11-5-3-7-15(12(11)2)22-16(24)9-13-10-27-19(21-13)23-18(26)14-6-4-8-20-17(14)25/h3-8,10H,9H2,1-2H3,(H,20,25)(H,22,24)(H,21,23,26). The van der Waals surface area contributed by atoms with Gasteiger partial charge in [-0.2, -0.15) is 0 Å². The molecule has 3 N–H and O–H groups in total. The number of aromatic nitrogens is 2. The van der Waals surface area contributed by atoms with Gasteiger partial charge in [0.25, 0.3) is 11.5 Å². The van der Waals surface area contributed by atoms with E-state index in [0.717, 1.165) is 16.8 Å². The van der Waals surface area contributed by atoms with Gasteiger partial charge in [0.2, 0.25) is 5.91 Å². The highest BCUT2D eigenvalue weighted by atomic mass is 32.1. The van der Waals surface area contributed by atoms with E-state index in [9.17, 15) is 14.4 Å². The molecule has 0 atom stereocenters. The predicted octanol–water partition coefficient (Wildman–Crippen LogP) is 2.88. The average molecular weight is 382 g/mol.